The number of benzene rings is 1. The minimum absolute atomic E-state index is 0.264. The predicted molar refractivity (Wildman–Crippen MR) is 107 cm³/mol. The quantitative estimate of drug-likeness (QED) is 0.676. The van der Waals surface area contributed by atoms with Gasteiger partial charge in [-0.05, 0) is 63.3 Å². The highest BCUT2D eigenvalue weighted by atomic mass is 16.5. The Morgan fingerprint density at radius 1 is 1.19 bits per heavy atom. The molecule has 6 heteroatoms. The summed E-state index contributed by atoms with van der Waals surface area (Å²) < 4.78 is 5.40. The summed E-state index contributed by atoms with van der Waals surface area (Å²) >= 11 is 0. The van der Waals surface area contributed by atoms with E-state index in [9.17, 15) is 4.79 Å². The Labute approximate surface area is 160 Å². The van der Waals surface area contributed by atoms with Crippen molar-refractivity contribution in [2.45, 2.75) is 39.0 Å². The van der Waals surface area contributed by atoms with E-state index in [-0.39, 0.29) is 5.91 Å². The number of hydrogen-bond donors (Lipinski definition) is 2. The van der Waals surface area contributed by atoms with Gasteiger partial charge in [-0.2, -0.15) is 0 Å². The maximum absolute atomic E-state index is 12.4. The molecule has 1 amide bonds. The SMILES string of the molecule is CCOc1ccc(NC(=O)c2cc(NCCC3=CCCCC3)ncn2)cc1. The van der Waals surface area contributed by atoms with E-state index in [1.54, 1.807) is 18.2 Å². The van der Waals surface area contributed by atoms with Gasteiger partial charge in [0.1, 0.15) is 23.6 Å². The van der Waals surface area contributed by atoms with E-state index in [0.29, 0.717) is 23.8 Å². The van der Waals surface area contributed by atoms with Crippen LogP contribution in [0.4, 0.5) is 11.5 Å². The molecule has 0 spiro atoms. The average Bonchev–Trinajstić information content (AvgIpc) is 2.71. The number of amides is 1. The van der Waals surface area contributed by atoms with Crippen LogP contribution in [-0.2, 0) is 0 Å². The Bertz CT molecular complexity index is 787. The second kappa shape index (κ2) is 9.71. The van der Waals surface area contributed by atoms with E-state index in [4.69, 9.17) is 4.74 Å². The Morgan fingerprint density at radius 3 is 2.78 bits per heavy atom. The van der Waals surface area contributed by atoms with Crippen LogP contribution in [0.2, 0.25) is 0 Å². The van der Waals surface area contributed by atoms with Crippen molar-refractivity contribution in [3.05, 3.63) is 54.0 Å². The Kier molecular flexibility index (Phi) is 6.79. The van der Waals surface area contributed by atoms with Crippen LogP contribution in [0.15, 0.2) is 48.3 Å². The van der Waals surface area contributed by atoms with E-state index in [0.717, 1.165) is 18.7 Å². The molecule has 0 unspecified atom stereocenters. The second-order valence-corrected chi connectivity index (χ2v) is 6.48. The Balaban J connectivity index is 1.54. The highest BCUT2D eigenvalue weighted by molar-refractivity contribution is 6.03. The summed E-state index contributed by atoms with van der Waals surface area (Å²) in [5.41, 5.74) is 2.54. The molecule has 0 saturated heterocycles. The zero-order valence-electron chi connectivity index (χ0n) is 15.7. The summed E-state index contributed by atoms with van der Waals surface area (Å²) in [5, 5.41) is 6.12. The summed E-state index contributed by atoms with van der Waals surface area (Å²) in [4.78, 5) is 20.7. The maximum Gasteiger partial charge on any atom is 0.274 e. The summed E-state index contributed by atoms with van der Waals surface area (Å²) in [7, 11) is 0. The number of carbonyl (C=O) groups is 1. The monoisotopic (exact) mass is 366 g/mol. The van der Waals surface area contributed by atoms with Crippen molar-refractivity contribution in [2.24, 2.45) is 0 Å². The van der Waals surface area contributed by atoms with Gasteiger partial charge in [-0.1, -0.05) is 11.6 Å². The fourth-order valence-electron chi connectivity index (χ4n) is 3.06. The lowest BCUT2D eigenvalue weighted by molar-refractivity contribution is 0.102. The molecule has 0 aliphatic heterocycles. The molecule has 6 nitrogen and oxygen atoms in total. The third-order valence-corrected chi connectivity index (χ3v) is 4.46. The largest absolute Gasteiger partial charge is 0.494 e. The first kappa shape index (κ1) is 18.9. The van der Waals surface area contributed by atoms with Crippen LogP contribution in [0.5, 0.6) is 5.75 Å². The van der Waals surface area contributed by atoms with E-state index in [1.807, 2.05) is 19.1 Å². The van der Waals surface area contributed by atoms with Gasteiger partial charge >= 0.3 is 0 Å². The smallest absolute Gasteiger partial charge is 0.274 e. The number of hydrogen-bond acceptors (Lipinski definition) is 5. The van der Waals surface area contributed by atoms with Gasteiger partial charge in [0, 0.05) is 18.3 Å². The summed E-state index contributed by atoms with van der Waals surface area (Å²) in [5.74, 6) is 1.18. The maximum atomic E-state index is 12.4. The molecule has 0 atom stereocenters. The molecule has 1 aromatic heterocycles. The number of carbonyl (C=O) groups excluding carboxylic acids is 1. The number of ether oxygens (including phenoxy) is 1. The average molecular weight is 366 g/mol. The number of allylic oxidation sites excluding steroid dienone is 1. The minimum atomic E-state index is -0.264. The number of rotatable bonds is 8. The van der Waals surface area contributed by atoms with Gasteiger partial charge in [0.2, 0.25) is 0 Å². The lowest BCUT2D eigenvalue weighted by Crippen LogP contribution is -2.15. The molecule has 2 N–H and O–H groups in total. The molecule has 1 aromatic carbocycles. The molecule has 1 heterocycles. The Morgan fingerprint density at radius 2 is 2.04 bits per heavy atom. The van der Waals surface area contributed by atoms with Crippen molar-refractivity contribution in [3.8, 4) is 5.75 Å². The number of anilines is 2. The van der Waals surface area contributed by atoms with Crippen LogP contribution in [0, 0.1) is 0 Å². The van der Waals surface area contributed by atoms with Crippen molar-refractivity contribution in [2.75, 3.05) is 23.8 Å². The molecule has 1 aliphatic rings. The van der Waals surface area contributed by atoms with Crippen molar-refractivity contribution in [1.82, 2.24) is 9.97 Å². The fraction of sp³-hybridized carbons (Fsp3) is 0.381. The van der Waals surface area contributed by atoms with Crippen LogP contribution in [0.3, 0.4) is 0 Å². The zero-order valence-corrected chi connectivity index (χ0v) is 15.7. The molecular weight excluding hydrogens is 340 g/mol. The molecule has 2 aromatic rings. The molecule has 27 heavy (non-hydrogen) atoms. The summed E-state index contributed by atoms with van der Waals surface area (Å²) in [6.45, 7) is 3.35. The van der Waals surface area contributed by atoms with Crippen molar-refractivity contribution >= 4 is 17.4 Å². The van der Waals surface area contributed by atoms with Gasteiger partial charge < -0.3 is 15.4 Å². The molecule has 0 fully saturated rings. The first-order valence-corrected chi connectivity index (χ1v) is 9.52. The number of aromatic nitrogens is 2. The van der Waals surface area contributed by atoms with Gasteiger partial charge in [0.05, 0.1) is 6.61 Å². The lowest BCUT2D eigenvalue weighted by atomic mass is 9.97. The molecule has 0 bridgehead atoms. The van der Waals surface area contributed by atoms with E-state index >= 15 is 0 Å². The van der Waals surface area contributed by atoms with E-state index in [1.165, 1.54) is 37.6 Å². The standard InChI is InChI=1S/C21H26N4O2/c1-2-27-18-10-8-17(9-11-18)25-21(26)19-14-20(24-15-23-19)22-13-12-16-6-4-3-5-7-16/h6,8-11,14-15H,2-5,7,12-13H2,1H3,(H,25,26)(H,22,23,24). The molecular formula is C21H26N4O2. The van der Waals surface area contributed by atoms with Gasteiger partial charge in [-0.25, -0.2) is 9.97 Å². The number of nitrogens with zero attached hydrogens (tertiary/aromatic N) is 2. The molecule has 0 saturated carbocycles. The summed E-state index contributed by atoms with van der Waals surface area (Å²) in [6, 6.07) is 8.94. The fourth-order valence-corrected chi connectivity index (χ4v) is 3.06. The minimum Gasteiger partial charge on any atom is -0.494 e. The van der Waals surface area contributed by atoms with E-state index < -0.39 is 0 Å². The van der Waals surface area contributed by atoms with Gasteiger partial charge in [-0.3, -0.25) is 4.79 Å². The van der Waals surface area contributed by atoms with Crippen molar-refractivity contribution < 1.29 is 9.53 Å². The van der Waals surface area contributed by atoms with Gasteiger partial charge in [-0.15, -0.1) is 0 Å². The van der Waals surface area contributed by atoms with E-state index in [2.05, 4.69) is 26.7 Å². The normalized spacial score (nSPS) is 13.6. The summed E-state index contributed by atoms with van der Waals surface area (Å²) in [6.07, 6.45) is 9.75. The van der Waals surface area contributed by atoms with Crippen LogP contribution >= 0.6 is 0 Å². The molecule has 142 valence electrons. The van der Waals surface area contributed by atoms with Crippen molar-refractivity contribution in [3.63, 3.8) is 0 Å². The molecule has 3 rings (SSSR count). The molecule has 0 radical (unpaired) electrons. The van der Waals surface area contributed by atoms with Crippen LogP contribution in [0.25, 0.3) is 0 Å². The third kappa shape index (κ3) is 5.81. The highest BCUT2D eigenvalue weighted by Gasteiger charge is 2.10. The predicted octanol–water partition coefficient (Wildman–Crippen LogP) is 4.43. The van der Waals surface area contributed by atoms with Crippen molar-refractivity contribution in [1.29, 1.82) is 0 Å². The Hall–Kier alpha value is -2.89. The highest BCUT2D eigenvalue weighted by Crippen LogP contribution is 2.20. The lowest BCUT2D eigenvalue weighted by Gasteiger charge is -2.13. The van der Waals surface area contributed by atoms with Crippen LogP contribution in [-0.4, -0.2) is 29.0 Å². The first-order chi connectivity index (χ1) is 13.2. The van der Waals surface area contributed by atoms with Gasteiger partial charge in [0.15, 0.2) is 0 Å². The topological polar surface area (TPSA) is 76.1 Å². The van der Waals surface area contributed by atoms with Gasteiger partial charge in [0.25, 0.3) is 5.91 Å². The molecule has 1 aliphatic carbocycles. The first-order valence-electron chi connectivity index (χ1n) is 9.52. The zero-order chi connectivity index (χ0) is 18.9. The van der Waals surface area contributed by atoms with Crippen LogP contribution in [0.1, 0.15) is 49.5 Å². The second-order valence-electron chi connectivity index (χ2n) is 6.48. The number of nitrogens with one attached hydrogen (secondary N) is 2. The van der Waals surface area contributed by atoms with Crippen LogP contribution < -0.4 is 15.4 Å². The third-order valence-electron chi connectivity index (χ3n) is 4.46.